The van der Waals surface area contributed by atoms with Crippen molar-refractivity contribution in [1.82, 2.24) is 0 Å². The molecule has 0 aromatic rings. The maximum Gasteiger partial charge on any atom is 0.0637 e. The highest BCUT2D eigenvalue weighted by Gasteiger charge is 2.33. The highest BCUT2D eigenvalue weighted by molar-refractivity contribution is 4.84. The molecule has 1 heterocycles. The Kier molecular flexibility index (Phi) is 2.95. The molecule has 0 spiro atoms. The van der Waals surface area contributed by atoms with Crippen LogP contribution in [0, 0.1) is 5.41 Å². The van der Waals surface area contributed by atoms with Gasteiger partial charge in [0, 0.05) is 4.91 Å². The van der Waals surface area contributed by atoms with Gasteiger partial charge in [-0.05, 0) is 23.8 Å². The molecule has 68 valence electrons. The molecule has 1 aliphatic rings. The van der Waals surface area contributed by atoms with Crippen molar-refractivity contribution in [2.24, 2.45) is 10.5 Å². The van der Waals surface area contributed by atoms with E-state index < -0.39 is 0 Å². The minimum absolute atomic E-state index is 0.144. The van der Waals surface area contributed by atoms with E-state index in [0.717, 1.165) is 19.4 Å². The van der Waals surface area contributed by atoms with Gasteiger partial charge in [0.05, 0.1) is 19.3 Å². The van der Waals surface area contributed by atoms with Gasteiger partial charge < -0.3 is 4.74 Å². The molecule has 0 unspecified atom stereocenters. The molecule has 1 saturated heterocycles. The van der Waals surface area contributed by atoms with Crippen molar-refractivity contribution in [3.05, 3.63) is 10.4 Å². The van der Waals surface area contributed by atoms with Crippen LogP contribution in [-0.2, 0) is 4.74 Å². The van der Waals surface area contributed by atoms with Crippen molar-refractivity contribution in [1.29, 1.82) is 0 Å². The zero-order chi connectivity index (χ0) is 9.03. The highest BCUT2D eigenvalue weighted by Crippen LogP contribution is 2.35. The molecule has 4 heteroatoms. The summed E-state index contributed by atoms with van der Waals surface area (Å²) >= 11 is 0. The summed E-state index contributed by atoms with van der Waals surface area (Å²) in [6.07, 6.45) is 2.29. The van der Waals surface area contributed by atoms with Crippen molar-refractivity contribution in [3.8, 4) is 0 Å². The Labute approximate surface area is 72.5 Å². The SMILES string of the molecule is CC[C@@]1(C)CO[C@H](CN=[N+]=[N-])C1. The molecule has 1 fully saturated rings. The van der Waals surface area contributed by atoms with Crippen LogP contribution in [0.15, 0.2) is 5.11 Å². The lowest BCUT2D eigenvalue weighted by Gasteiger charge is -2.18. The van der Waals surface area contributed by atoms with Crippen molar-refractivity contribution < 1.29 is 4.74 Å². The van der Waals surface area contributed by atoms with Crippen LogP contribution in [0.5, 0.6) is 0 Å². The number of azide groups is 1. The zero-order valence-electron chi connectivity index (χ0n) is 7.66. The molecule has 0 aliphatic carbocycles. The highest BCUT2D eigenvalue weighted by atomic mass is 16.5. The maximum absolute atomic E-state index is 8.12. The van der Waals surface area contributed by atoms with E-state index in [0.29, 0.717) is 12.0 Å². The fourth-order valence-electron chi connectivity index (χ4n) is 1.48. The average Bonchev–Trinajstić information content (AvgIpc) is 2.45. The summed E-state index contributed by atoms with van der Waals surface area (Å²) in [4.78, 5) is 2.72. The minimum atomic E-state index is 0.144. The third kappa shape index (κ3) is 2.13. The molecule has 0 amide bonds. The smallest absolute Gasteiger partial charge is 0.0637 e. The molecule has 2 atom stereocenters. The molecule has 0 aromatic carbocycles. The molecule has 1 rings (SSSR count). The molecule has 0 radical (unpaired) electrons. The molecule has 0 N–H and O–H groups in total. The lowest BCUT2D eigenvalue weighted by atomic mass is 9.85. The number of hydrogen-bond donors (Lipinski definition) is 0. The molecule has 4 nitrogen and oxygen atoms in total. The van der Waals surface area contributed by atoms with E-state index >= 15 is 0 Å². The molecule has 1 aliphatic heterocycles. The van der Waals surface area contributed by atoms with Crippen molar-refractivity contribution in [2.45, 2.75) is 32.8 Å². The van der Waals surface area contributed by atoms with Crippen LogP contribution < -0.4 is 0 Å². The fourth-order valence-corrected chi connectivity index (χ4v) is 1.48. The minimum Gasteiger partial charge on any atom is -0.377 e. The summed E-state index contributed by atoms with van der Waals surface area (Å²) in [7, 11) is 0. The first kappa shape index (κ1) is 9.36. The van der Waals surface area contributed by atoms with E-state index in [1.54, 1.807) is 0 Å². The van der Waals surface area contributed by atoms with Gasteiger partial charge in [-0.25, -0.2) is 0 Å². The van der Waals surface area contributed by atoms with Gasteiger partial charge >= 0.3 is 0 Å². The van der Waals surface area contributed by atoms with Gasteiger partial charge in [0.1, 0.15) is 0 Å². The van der Waals surface area contributed by atoms with Crippen molar-refractivity contribution in [2.75, 3.05) is 13.2 Å². The van der Waals surface area contributed by atoms with Crippen LogP contribution in [0.1, 0.15) is 26.7 Å². The first-order valence-electron chi connectivity index (χ1n) is 4.32. The van der Waals surface area contributed by atoms with Crippen LogP contribution in [-0.4, -0.2) is 19.3 Å². The molecule has 0 bridgehead atoms. The fraction of sp³-hybridized carbons (Fsp3) is 1.00. The third-order valence-electron chi connectivity index (χ3n) is 2.59. The van der Waals surface area contributed by atoms with Crippen molar-refractivity contribution in [3.63, 3.8) is 0 Å². The van der Waals surface area contributed by atoms with Gasteiger partial charge in [0.2, 0.25) is 0 Å². The number of rotatable bonds is 3. The summed E-state index contributed by atoms with van der Waals surface area (Å²) in [6.45, 7) is 5.66. The van der Waals surface area contributed by atoms with Crippen LogP contribution >= 0.6 is 0 Å². The van der Waals surface area contributed by atoms with E-state index in [9.17, 15) is 0 Å². The van der Waals surface area contributed by atoms with Crippen LogP contribution in [0.4, 0.5) is 0 Å². The monoisotopic (exact) mass is 169 g/mol. The Hall–Kier alpha value is -0.730. The van der Waals surface area contributed by atoms with E-state index in [4.69, 9.17) is 10.3 Å². The maximum atomic E-state index is 8.12. The van der Waals surface area contributed by atoms with Crippen LogP contribution in [0.3, 0.4) is 0 Å². The Morgan fingerprint density at radius 2 is 2.50 bits per heavy atom. The van der Waals surface area contributed by atoms with Gasteiger partial charge in [-0.2, -0.15) is 0 Å². The van der Waals surface area contributed by atoms with E-state index in [1.807, 2.05) is 0 Å². The summed E-state index contributed by atoms with van der Waals surface area (Å²) in [6, 6.07) is 0. The number of hydrogen-bond acceptors (Lipinski definition) is 2. The Bertz CT molecular complexity index is 200. The molecule has 0 aromatic heterocycles. The molecular weight excluding hydrogens is 154 g/mol. The summed E-state index contributed by atoms with van der Waals surface area (Å²) in [5, 5.41) is 3.51. The Morgan fingerprint density at radius 1 is 1.75 bits per heavy atom. The van der Waals surface area contributed by atoms with Crippen LogP contribution in [0.2, 0.25) is 0 Å². The second-order valence-corrected chi connectivity index (χ2v) is 3.71. The van der Waals surface area contributed by atoms with Gasteiger partial charge in [0.25, 0.3) is 0 Å². The second kappa shape index (κ2) is 3.78. The number of ether oxygens (including phenoxy) is 1. The predicted octanol–water partition coefficient (Wildman–Crippen LogP) is 2.50. The zero-order valence-corrected chi connectivity index (χ0v) is 7.66. The topological polar surface area (TPSA) is 58.0 Å². The average molecular weight is 169 g/mol. The number of nitrogens with zero attached hydrogens (tertiary/aromatic N) is 3. The first-order valence-corrected chi connectivity index (χ1v) is 4.32. The normalized spacial score (nSPS) is 34.7. The van der Waals surface area contributed by atoms with Gasteiger partial charge in [-0.3, -0.25) is 0 Å². The third-order valence-corrected chi connectivity index (χ3v) is 2.59. The van der Waals surface area contributed by atoms with Gasteiger partial charge in [0.15, 0.2) is 0 Å². The summed E-state index contributed by atoms with van der Waals surface area (Å²) in [5.41, 5.74) is 8.42. The lowest BCUT2D eigenvalue weighted by molar-refractivity contribution is 0.102. The van der Waals surface area contributed by atoms with Crippen molar-refractivity contribution >= 4 is 0 Å². The first-order chi connectivity index (χ1) is 5.70. The van der Waals surface area contributed by atoms with E-state index in [-0.39, 0.29) is 6.10 Å². The molecular formula is C8H15N3O. The standard InChI is InChI=1S/C8H15N3O/c1-3-8(2)4-7(12-6-8)5-10-11-9/h7H,3-6H2,1-2H3/t7-,8+/m0/s1. The Morgan fingerprint density at radius 3 is 3.00 bits per heavy atom. The second-order valence-electron chi connectivity index (χ2n) is 3.71. The van der Waals surface area contributed by atoms with E-state index in [2.05, 4.69) is 23.9 Å². The Balaban J connectivity index is 2.39. The summed E-state index contributed by atoms with van der Waals surface area (Å²) in [5.74, 6) is 0. The summed E-state index contributed by atoms with van der Waals surface area (Å²) < 4.78 is 5.50. The van der Waals surface area contributed by atoms with Crippen LogP contribution in [0.25, 0.3) is 10.4 Å². The van der Waals surface area contributed by atoms with Gasteiger partial charge in [-0.15, -0.1) is 0 Å². The predicted molar refractivity (Wildman–Crippen MR) is 46.8 cm³/mol. The van der Waals surface area contributed by atoms with Gasteiger partial charge in [-0.1, -0.05) is 19.0 Å². The molecule has 12 heavy (non-hydrogen) atoms. The van der Waals surface area contributed by atoms with E-state index in [1.165, 1.54) is 0 Å². The molecule has 0 saturated carbocycles. The largest absolute Gasteiger partial charge is 0.377 e. The lowest BCUT2D eigenvalue weighted by Crippen LogP contribution is -2.15. The quantitative estimate of drug-likeness (QED) is 0.364.